The number of hydrogen-bond donors (Lipinski definition) is 3. The number of benzene rings is 2. The molecule has 0 unspecified atom stereocenters. The molecule has 4 N–H and O–H groups in total. The number of carbonyl (C=O) groups excluding carboxylic acids is 2. The first-order valence-corrected chi connectivity index (χ1v) is 12.0. The lowest BCUT2D eigenvalue weighted by molar-refractivity contribution is 0.0976. The molecule has 2 aromatic rings. The van der Waals surface area contributed by atoms with Gasteiger partial charge in [0, 0.05) is 11.8 Å². The first-order valence-electron chi connectivity index (χ1n) is 10.1. The highest BCUT2D eigenvalue weighted by Gasteiger charge is 2.24. The Balaban J connectivity index is 0.00000385. The molecule has 1 aliphatic rings. The maximum absolute atomic E-state index is 12.6. The van der Waals surface area contributed by atoms with E-state index in [2.05, 4.69) is 15.6 Å². The van der Waals surface area contributed by atoms with Crippen LogP contribution in [0, 0.1) is 0 Å². The number of aliphatic imine (C=N–C) groups is 1. The van der Waals surface area contributed by atoms with Crippen molar-refractivity contribution in [2.24, 2.45) is 10.7 Å². The summed E-state index contributed by atoms with van der Waals surface area (Å²) in [5, 5.41) is 5.54. The van der Waals surface area contributed by atoms with E-state index in [1.807, 2.05) is 18.2 Å². The van der Waals surface area contributed by atoms with Gasteiger partial charge in [-0.05, 0) is 55.1 Å². The van der Waals surface area contributed by atoms with Crippen LogP contribution in [-0.2, 0) is 21.2 Å². The normalized spacial score (nSPS) is 14.8. The van der Waals surface area contributed by atoms with E-state index in [1.165, 1.54) is 6.07 Å². The molecule has 2 amide bonds. The van der Waals surface area contributed by atoms with Gasteiger partial charge in [0.2, 0.25) is 5.96 Å². The summed E-state index contributed by atoms with van der Waals surface area (Å²) in [6.45, 7) is 1.63. The molecule has 11 heteroatoms. The molecule has 1 saturated heterocycles. The minimum Gasteiger partial charge on any atom is -0.443 e. The first kappa shape index (κ1) is 26.3. The van der Waals surface area contributed by atoms with Crippen LogP contribution in [0.25, 0.3) is 0 Å². The Labute approximate surface area is 199 Å². The number of hydrogen-bond acceptors (Lipinski definition) is 6. The molecule has 0 aromatic heterocycles. The second-order valence-corrected chi connectivity index (χ2v) is 9.52. The molecule has 33 heavy (non-hydrogen) atoms. The number of halogens is 1. The van der Waals surface area contributed by atoms with Gasteiger partial charge in [0.15, 0.2) is 9.84 Å². The average Bonchev–Trinajstić information content (AvgIpc) is 2.78. The van der Waals surface area contributed by atoms with E-state index in [-0.39, 0.29) is 35.4 Å². The number of rotatable bonds is 5. The Morgan fingerprint density at radius 1 is 1.15 bits per heavy atom. The average molecular weight is 495 g/mol. The molecule has 1 fully saturated rings. The standard InChI is InChI=1S/C22H26N4O5S.ClH/c1-32(29,30)19-13-17(7-8-18(19)16-9-11-24-12-10-16)20(27)25-21(23)26-22(28)31-14-15-5-3-2-4-6-15;/h2-8,13,16,24H,9-12,14H2,1H3,(H3,23,25,26,27,28);1H. The molecule has 0 saturated carbocycles. The summed E-state index contributed by atoms with van der Waals surface area (Å²) < 4.78 is 29.7. The highest BCUT2D eigenvalue weighted by Crippen LogP contribution is 2.31. The first-order chi connectivity index (χ1) is 15.2. The van der Waals surface area contributed by atoms with Crippen molar-refractivity contribution in [1.82, 2.24) is 10.6 Å². The van der Waals surface area contributed by atoms with Gasteiger partial charge in [-0.25, -0.2) is 13.2 Å². The third kappa shape index (κ3) is 7.55. The lowest BCUT2D eigenvalue weighted by Crippen LogP contribution is -2.37. The number of carbonyl (C=O) groups is 2. The maximum atomic E-state index is 12.6. The van der Waals surface area contributed by atoms with Gasteiger partial charge < -0.3 is 15.8 Å². The number of sulfone groups is 1. The molecular formula is C22H27ClN4O5S. The Bertz CT molecular complexity index is 1120. The largest absolute Gasteiger partial charge is 0.443 e. The predicted octanol–water partition coefficient (Wildman–Crippen LogP) is 2.36. The zero-order valence-corrected chi connectivity index (χ0v) is 19.7. The molecule has 0 aliphatic carbocycles. The molecule has 2 aromatic carbocycles. The van der Waals surface area contributed by atoms with E-state index < -0.39 is 27.8 Å². The smallest absolute Gasteiger partial charge is 0.437 e. The van der Waals surface area contributed by atoms with Crippen LogP contribution in [0.1, 0.15) is 40.2 Å². The summed E-state index contributed by atoms with van der Waals surface area (Å²) in [6.07, 6.45) is 1.80. The van der Waals surface area contributed by atoms with Crippen molar-refractivity contribution in [2.75, 3.05) is 19.3 Å². The Kier molecular flexibility index (Phi) is 9.39. The van der Waals surface area contributed by atoms with Crippen molar-refractivity contribution in [2.45, 2.75) is 30.3 Å². The third-order valence-electron chi connectivity index (χ3n) is 5.11. The number of nitrogens with zero attached hydrogens (tertiary/aromatic N) is 1. The van der Waals surface area contributed by atoms with Gasteiger partial charge in [0.05, 0.1) is 4.90 Å². The van der Waals surface area contributed by atoms with Gasteiger partial charge in [-0.3, -0.25) is 10.1 Å². The van der Waals surface area contributed by atoms with E-state index in [0.29, 0.717) is 5.56 Å². The van der Waals surface area contributed by atoms with Gasteiger partial charge in [-0.2, -0.15) is 0 Å². The zero-order chi connectivity index (χ0) is 23.1. The molecule has 1 aliphatic heterocycles. The fraction of sp³-hybridized carbons (Fsp3) is 0.318. The quantitative estimate of drug-likeness (QED) is 0.428. The van der Waals surface area contributed by atoms with Gasteiger partial charge in [-0.15, -0.1) is 17.4 Å². The molecule has 0 spiro atoms. The van der Waals surface area contributed by atoms with Gasteiger partial charge in [0.1, 0.15) is 6.61 Å². The van der Waals surface area contributed by atoms with E-state index >= 15 is 0 Å². The second kappa shape index (κ2) is 11.8. The Morgan fingerprint density at radius 3 is 2.45 bits per heavy atom. The molecule has 9 nitrogen and oxygen atoms in total. The fourth-order valence-electron chi connectivity index (χ4n) is 3.53. The molecule has 0 atom stereocenters. The van der Waals surface area contributed by atoms with Crippen molar-refractivity contribution in [1.29, 1.82) is 0 Å². The van der Waals surface area contributed by atoms with Crippen LogP contribution in [0.15, 0.2) is 58.4 Å². The van der Waals surface area contributed by atoms with Gasteiger partial charge >= 0.3 is 6.09 Å². The highest BCUT2D eigenvalue weighted by atomic mass is 35.5. The molecular weight excluding hydrogens is 468 g/mol. The SMILES string of the molecule is CS(=O)(=O)c1cc(C(=O)N/C(N)=N\C(=O)OCc2ccccc2)ccc1C1CCNCC1.Cl. The van der Waals surface area contributed by atoms with Crippen LogP contribution in [0.4, 0.5) is 4.79 Å². The number of ether oxygens (including phenoxy) is 1. The number of guanidine groups is 1. The monoisotopic (exact) mass is 494 g/mol. The van der Waals surface area contributed by atoms with Crippen LogP contribution < -0.4 is 16.4 Å². The lowest BCUT2D eigenvalue weighted by Gasteiger charge is -2.25. The van der Waals surface area contributed by atoms with Crippen molar-refractivity contribution >= 4 is 40.2 Å². The van der Waals surface area contributed by atoms with E-state index in [4.69, 9.17) is 10.5 Å². The van der Waals surface area contributed by atoms with Crippen LogP contribution >= 0.6 is 12.4 Å². The minimum absolute atomic E-state index is 0. The number of piperidine rings is 1. The molecule has 0 bridgehead atoms. The van der Waals surface area contributed by atoms with Gasteiger partial charge in [0.25, 0.3) is 5.91 Å². The number of nitrogens with two attached hydrogens (primary N) is 1. The van der Waals surface area contributed by atoms with Crippen LogP contribution in [0.3, 0.4) is 0 Å². The second-order valence-electron chi connectivity index (χ2n) is 7.54. The molecule has 0 radical (unpaired) electrons. The van der Waals surface area contributed by atoms with E-state index in [0.717, 1.165) is 37.8 Å². The molecule has 1 heterocycles. The van der Waals surface area contributed by atoms with Crippen molar-refractivity contribution in [3.63, 3.8) is 0 Å². The Hall–Kier alpha value is -2.95. The van der Waals surface area contributed by atoms with Crippen LogP contribution in [0.2, 0.25) is 0 Å². The van der Waals surface area contributed by atoms with Crippen LogP contribution in [-0.4, -0.2) is 45.7 Å². The molecule has 178 valence electrons. The zero-order valence-electron chi connectivity index (χ0n) is 18.1. The van der Waals surface area contributed by atoms with E-state index in [1.54, 1.807) is 24.3 Å². The van der Waals surface area contributed by atoms with Crippen molar-refractivity contribution in [3.8, 4) is 0 Å². The number of nitrogens with one attached hydrogen (secondary N) is 2. The summed E-state index contributed by atoms with van der Waals surface area (Å²) in [5.74, 6) is -1.02. The minimum atomic E-state index is -3.56. The summed E-state index contributed by atoms with van der Waals surface area (Å²) >= 11 is 0. The lowest BCUT2D eigenvalue weighted by atomic mass is 9.89. The van der Waals surface area contributed by atoms with Gasteiger partial charge in [-0.1, -0.05) is 36.4 Å². The molecule has 3 rings (SSSR count). The number of amides is 2. The fourth-order valence-corrected chi connectivity index (χ4v) is 4.54. The van der Waals surface area contributed by atoms with Crippen molar-refractivity contribution < 1.29 is 22.7 Å². The summed E-state index contributed by atoms with van der Waals surface area (Å²) in [5.41, 5.74) is 7.22. The topological polar surface area (TPSA) is 140 Å². The highest BCUT2D eigenvalue weighted by molar-refractivity contribution is 7.90. The summed E-state index contributed by atoms with van der Waals surface area (Å²) in [4.78, 5) is 28.0. The van der Waals surface area contributed by atoms with Crippen LogP contribution in [0.5, 0.6) is 0 Å². The van der Waals surface area contributed by atoms with Crippen molar-refractivity contribution in [3.05, 3.63) is 65.2 Å². The third-order valence-corrected chi connectivity index (χ3v) is 6.27. The Morgan fingerprint density at radius 2 is 1.82 bits per heavy atom. The summed E-state index contributed by atoms with van der Waals surface area (Å²) in [7, 11) is -3.56. The summed E-state index contributed by atoms with van der Waals surface area (Å²) in [6, 6.07) is 13.6. The van der Waals surface area contributed by atoms with E-state index in [9.17, 15) is 18.0 Å². The predicted molar refractivity (Wildman–Crippen MR) is 127 cm³/mol. The maximum Gasteiger partial charge on any atom is 0.437 e.